The van der Waals surface area contributed by atoms with Crippen molar-refractivity contribution in [3.05, 3.63) is 87.5 Å². The Morgan fingerprint density at radius 3 is 2.41 bits per heavy atom. The van der Waals surface area contributed by atoms with Crippen molar-refractivity contribution in [2.75, 3.05) is 23.0 Å². The third-order valence-electron chi connectivity index (χ3n) is 6.63. The topological polar surface area (TPSA) is 136 Å². The summed E-state index contributed by atoms with van der Waals surface area (Å²) in [6, 6.07) is 15.3. The number of aryl methyl sites for hydroxylation is 1. The number of rotatable bonds is 7. The summed E-state index contributed by atoms with van der Waals surface area (Å²) in [4.78, 5) is 64.5. The number of nitro groups is 1. The van der Waals surface area contributed by atoms with Gasteiger partial charge in [0.25, 0.3) is 17.5 Å². The van der Waals surface area contributed by atoms with Gasteiger partial charge in [0.15, 0.2) is 0 Å². The van der Waals surface area contributed by atoms with Crippen molar-refractivity contribution >= 4 is 40.8 Å². The number of nitrogens with zero attached hydrogens (tertiary/aromatic N) is 3. The second-order valence-electron chi connectivity index (χ2n) is 9.10. The molecule has 0 unspecified atom stereocenters. The maximum atomic E-state index is 13.0. The number of hydrogen-bond donors (Lipinski definition) is 0. The molecular weight excluding hydrogens is 506 g/mol. The van der Waals surface area contributed by atoms with Crippen molar-refractivity contribution in [1.82, 2.24) is 0 Å². The number of imide groups is 1. The largest absolute Gasteiger partial charge is 0.494 e. The Labute approximate surface area is 222 Å². The van der Waals surface area contributed by atoms with Crippen LogP contribution in [0, 0.1) is 23.0 Å². The SMILES string of the molecule is CCOc1ccc(N2C[C@H](C(=O)Oc3ccc(N4C(=O)c5cccc([N+](=O)[O-])c5C4=O)c(C)c3)CC2=O)cc1. The van der Waals surface area contributed by atoms with E-state index in [4.69, 9.17) is 9.47 Å². The van der Waals surface area contributed by atoms with E-state index in [-0.39, 0.29) is 41.4 Å². The monoisotopic (exact) mass is 529 g/mol. The molecule has 5 rings (SSSR count). The van der Waals surface area contributed by atoms with Gasteiger partial charge < -0.3 is 14.4 Å². The van der Waals surface area contributed by atoms with Gasteiger partial charge >= 0.3 is 5.97 Å². The number of benzene rings is 3. The smallest absolute Gasteiger partial charge is 0.316 e. The summed E-state index contributed by atoms with van der Waals surface area (Å²) in [5, 5.41) is 11.4. The molecule has 2 heterocycles. The van der Waals surface area contributed by atoms with Crippen molar-refractivity contribution in [2.45, 2.75) is 20.3 Å². The average Bonchev–Trinajstić information content (AvgIpc) is 3.42. The van der Waals surface area contributed by atoms with Crippen LogP contribution in [-0.4, -0.2) is 41.8 Å². The molecule has 2 aliphatic rings. The molecule has 0 saturated carbocycles. The molecule has 0 N–H and O–H groups in total. The third kappa shape index (κ3) is 4.58. The molecule has 39 heavy (non-hydrogen) atoms. The van der Waals surface area contributed by atoms with E-state index in [2.05, 4.69) is 0 Å². The number of carbonyl (C=O) groups is 4. The van der Waals surface area contributed by atoms with Crippen molar-refractivity contribution in [2.24, 2.45) is 5.92 Å². The number of hydrogen-bond acceptors (Lipinski definition) is 8. The number of carbonyl (C=O) groups excluding carboxylic acids is 4. The van der Waals surface area contributed by atoms with Crippen molar-refractivity contribution in [1.29, 1.82) is 0 Å². The van der Waals surface area contributed by atoms with Crippen molar-refractivity contribution < 1.29 is 33.6 Å². The van der Waals surface area contributed by atoms with Gasteiger partial charge in [0.1, 0.15) is 17.1 Å². The number of ether oxygens (including phenoxy) is 2. The van der Waals surface area contributed by atoms with E-state index >= 15 is 0 Å². The summed E-state index contributed by atoms with van der Waals surface area (Å²) in [5.41, 5.74) is 0.559. The summed E-state index contributed by atoms with van der Waals surface area (Å²) in [6.07, 6.45) is -0.00305. The predicted molar refractivity (Wildman–Crippen MR) is 139 cm³/mol. The molecule has 1 atom stereocenters. The molecule has 0 radical (unpaired) electrons. The maximum Gasteiger partial charge on any atom is 0.316 e. The van der Waals surface area contributed by atoms with Gasteiger partial charge in [0, 0.05) is 24.7 Å². The van der Waals surface area contributed by atoms with Crippen LogP contribution in [0.5, 0.6) is 11.5 Å². The molecule has 198 valence electrons. The summed E-state index contributed by atoms with van der Waals surface area (Å²) < 4.78 is 11.0. The van der Waals surface area contributed by atoms with Gasteiger partial charge in [-0.1, -0.05) is 6.07 Å². The molecule has 0 aromatic heterocycles. The summed E-state index contributed by atoms with van der Waals surface area (Å²) >= 11 is 0. The van der Waals surface area contributed by atoms with Crippen LogP contribution in [-0.2, 0) is 9.59 Å². The zero-order valence-corrected chi connectivity index (χ0v) is 21.1. The number of anilines is 2. The predicted octanol–water partition coefficient (Wildman–Crippen LogP) is 4.06. The highest BCUT2D eigenvalue weighted by Crippen LogP contribution is 2.36. The molecule has 0 bridgehead atoms. The second-order valence-corrected chi connectivity index (χ2v) is 9.10. The van der Waals surface area contributed by atoms with Crippen molar-refractivity contribution in [3.63, 3.8) is 0 Å². The Morgan fingerprint density at radius 1 is 1.03 bits per heavy atom. The minimum absolute atomic E-state index is 0.00305. The minimum atomic E-state index is -0.797. The average molecular weight is 530 g/mol. The molecule has 3 aromatic carbocycles. The van der Waals surface area contributed by atoms with Crippen LogP contribution >= 0.6 is 0 Å². The van der Waals surface area contributed by atoms with E-state index in [0.717, 1.165) is 4.90 Å². The Balaban J connectivity index is 1.29. The molecule has 3 amide bonds. The Hall–Kier alpha value is -5.06. The number of esters is 1. The van der Waals surface area contributed by atoms with E-state index in [1.54, 1.807) is 31.2 Å². The second kappa shape index (κ2) is 10.0. The lowest BCUT2D eigenvalue weighted by Crippen LogP contribution is -2.30. The highest BCUT2D eigenvalue weighted by Gasteiger charge is 2.42. The first kappa shape index (κ1) is 25.6. The molecular formula is C28H23N3O8. The van der Waals surface area contributed by atoms with Crippen molar-refractivity contribution in [3.8, 4) is 11.5 Å². The lowest BCUT2D eigenvalue weighted by atomic mass is 10.1. The normalized spacial score (nSPS) is 16.5. The van der Waals surface area contributed by atoms with Gasteiger partial charge in [-0.3, -0.25) is 29.3 Å². The summed E-state index contributed by atoms with van der Waals surface area (Å²) in [5.74, 6) is -2.08. The first-order chi connectivity index (χ1) is 18.7. The van der Waals surface area contributed by atoms with Gasteiger partial charge in [-0.2, -0.15) is 0 Å². The standard InChI is InChI=1S/C28H23N3O8/c1-3-38-19-9-7-18(8-10-19)29-15-17(14-24(29)32)28(35)39-20-11-12-22(16(2)13-20)30-26(33)21-5-4-6-23(31(36)37)25(21)27(30)34/h4-13,17H,3,14-15H2,1-2H3/t17-/m1/s1. The zero-order chi connectivity index (χ0) is 27.8. The molecule has 11 nitrogen and oxygen atoms in total. The molecule has 1 saturated heterocycles. The highest BCUT2D eigenvalue weighted by atomic mass is 16.6. The molecule has 0 aliphatic carbocycles. The Morgan fingerprint density at radius 2 is 1.74 bits per heavy atom. The van der Waals surface area contributed by atoms with Gasteiger partial charge in [-0.25, -0.2) is 4.90 Å². The first-order valence-corrected chi connectivity index (χ1v) is 12.2. The van der Waals surface area contributed by atoms with E-state index < -0.39 is 34.3 Å². The van der Waals surface area contributed by atoms with Gasteiger partial charge in [0.2, 0.25) is 5.91 Å². The molecule has 11 heteroatoms. The fourth-order valence-corrected chi connectivity index (χ4v) is 4.78. The fourth-order valence-electron chi connectivity index (χ4n) is 4.78. The fraction of sp³-hybridized carbons (Fsp3) is 0.214. The summed E-state index contributed by atoms with van der Waals surface area (Å²) in [6.45, 7) is 4.19. The first-order valence-electron chi connectivity index (χ1n) is 12.2. The molecule has 3 aromatic rings. The van der Waals surface area contributed by atoms with Gasteiger partial charge in [-0.15, -0.1) is 0 Å². The van der Waals surface area contributed by atoms with Crippen LogP contribution in [0.3, 0.4) is 0 Å². The zero-order valence-electron chi connectivity index (χ0n) is 21.1. The summed E-state index contributed by atoms with van der Waals surface area (Å²) in [7, 11) is 0. The van der Waals surface area contributed by atoms with E-state index in [1.165, 1.54) is 41.3 Å². The van der Waals surface area contributed by atoms with E-state index in [0.29, 0.717) is 23.6 Å². The number of nitro benzene ring substituents is 1. The van der Waals surface area contributed by atoms with Crippen LogP contribution in [0.4, 0.5) is 17.1 Å². The van der Waals surface area contributed by atoms with Crippen LogP contribution < -0.4 is 19.3 Å². The van der Waals surface area contributed by atoms with E-state index in [9.17, 15) is 29.3 Å². The number of fused-ring (bicyclic) bond motifs is 1. The lowest BCUT2D eigenvalue weighted by Gasteiger charge is -2.18. The molecule has 1 fully saturated rings. The third-order valence-corrected chi connectivity index (χ3v) is 6.63. The van der Waals surface area contributed by atoms with Crippen LogP contribution in [0.25, 0.3) is 0 Å². The Bertz CT molecular complexity index is 1530. The quantitative estimate of drug-likeness (QED) is 0.147. The lowest BCUT2D eigenvalue weighted by molar-refractivity contribution is -0.385. The van der Waals surface area contributed by atoms with Gasteiger partial charge in [-0.05, 0) is 67.9 Å². The molecule has 0 spiro atoms. The van der Waals surface area contributed by atoms with E-state index in [1.807, 2.05) is 6.92 Å². The number of amides is 3. The van der Waals surface area contributed by atoms with Gasteiger partial charge in [0.05, 0.1) is 28.7 Å². The van der Waals surface area contributed by atoms with Crippen LogP contribution in [0.1, 0.15) is 39.6 Å². The van der Waals surface area contributed by atoms with Crippen LogP contribution in [0.15, 0.2) is 60.7 Å². The minimum Gasteiger partial charge on any atom is -0.494 e. The highest BCUT2D eigenvalue weighted by molar-refractivity contribution is 6.35. The molecule has 2 aliphatic heterocycles. The maximum absolute atomic E-state index is 13.0. The van der Waals surface area contributed by atoms with Crippen LogP contribution in [0.2, 0.25) is 0 Å². The Kier molecular flexibility index (Phi) is 6.57.